The second-order valence-electron chi connectivity index (χ2n) is 3.06. The van der Waals surface area contributed by atoms with Gasteiger partial charge < -0.3 is 4.74 Å². The summed E-state index contributed by atoms with van der Waals surface area (Å²) >= 11 is 0. The van der Waals surface area contributed by atoms with E-state index in [1.54, 1.807) is 5.01 Å². The van der Waals surface area contributed by atoms with Crippen molar-refractivity contribution in [2.75, 3.05) is 13.7 Å². The fraction of sp³-hybridized carbons (Fsp3) is 0.857. The second kappa shape index (κ2) is 4.07. The van der Waals surface area contributed by atoms with Gasteiger partial charge in [0.05, 0.1) is 7.11 Å². The van der Waals surface area contributed by atoms with Crippen LogP contribution in [0.4, 0.5) is 0 Å². The molecule has 1 rings (SSSR count). The van der Waals surface area contributed by atoms with Gasteiger partial charge in [0.1, 0.15) is 5.54 Å². The van der Waals surface area contributed by atoms with E-state index in [0.717, 1.165) is 19.4 Å². The van der Waals surface area contributed by atoms with Crippen molar-refractivity contribution < 1.29 is 9.53 Å². The molecule has 0 aromatic carbocycles. The summed E-state index contributed by atoms with van der Waals surface area (Å²) in [5, 5.41) is 1.55. The lowest BCUT2D eigenvalue weighted by atomic mass is 10.0. The maximum absolute atomic E-state index is 11.2. The predicted molar refractivity (Wildman–Crippen MR) is 47.8 cm³/mol. The molecule has 0 aliphatic carbocycles. The number of hydrazine groups is 1. The van der Waals surface area contributed by atoms with Crippen LogP contribution in [0.5, 0.6) is 0 Å². The molecule has 0 spiro atoms. The third-order valence-electron chi connectivity index (χ3n) is 2.32. The molecule has 0 radical (unpaired) electrons. The first-order valence-electron chi connectivity index (χ1n) is 3.72. The molecule has 2 N–H and O–H groups in total. The van der Waals surface area contributed by atoms with Crippen LogP contribution in [0.25, 0.3) is 0 Å². The lowest BCUT2D eigenvalue weighted by molar-refractivity contribution is -0.152. The topological polar surface area (TPSA) is 55.6 Å². The lowest BCUT2D eigenvalue weighted by Crippen LogP contribution is -2.52. The first-order chi connectivity index (χ1) is 5.11. The molecular formula is C7H15ClN2O2. The van der Waals surface area contributed by atoms with Gasteiger partial charge in [-0.1, -0.05) is 0 Å². The Bertz CT molecular complexity index is 177. The predicted octanol–water partition coefficient (Wildman–Crippen LogP) is 0.309. The van der Waals surface area contributed by atoms with Crippen molar-refractivity contribution in [2.45, 2.75) is 25.3 Å². The highest BCUT2D eigenvalue weighted by Gasteiger charge is 2.42. The lowest BCUT2D eigenvalue weighted by Gasteiger charge is -2.27. The monoisotopic (exact) mass is 194 g/mol. The van der Waals surface area contributed by atoms with Gasteiger partial charge in [0, 0.05) is 6.54 Å². The number of halogens is 1. The maximum Gasteiger partial charge on any atom is 0.327 e. The van der Waals surface area contributed by atoms with E-state index < -0.39 is 5.54 Å². The molecule has 4 nitrogen and oxygen atoms in total. The SMILES string of the molecule is COC(=O)C1(C)CCCN1N.Cl. The van der Waals surface area contributed by atoms with Crippen LogP contribution in [-0.4, -0.2) is 30.2 Å². The number of esters is 1. The number of ether oxygens (including phenoxy) is 1. The Labute approximate surface area is 78.4 Å². The smallest absolute Gasteiger partial charge is 0.327 e. The molecule has 0 aromatic heterocycles. The van der Waals surface area contributed by atoms with Crippen LogP contribution in [0.3, 0.4) is 0 Å². The average molecular weight is 195 g/mol. The van der Waals surface area contributed by atoms with Crippen LogP contribution >= 0.6 is 12.4 Å². The summed E-state index contributed by atoms with van der Waals surface area (Å²) in [6, 6.07) is 0. The van der Waals surface area contributed by atoms with Crippen molar-refractivity contribution in [3.63, 3.8) is 0 Å². The van der Waals surface area contributed by atoms with Crippen molar-refractivity contribution in [2.24, 2.45) is 5.84 Å². The van der Waals surface area contributed by atoms with Gasteiger partial charge in [-0.15, -0.1) is 12.4 Å². The first kappa shape index (κ1) is 11.7. The minimum absolute atomic E-state index is 0. The zero-order valence-electron chi connectivity index (χ0n) is 7.37. The van der Waals surface area contributed by atoms with Gasteiger partial charge in [-0.25, -0.2) is 5.01 Å². The number of rotatable bonds is 1. The van der Waals surface area contributed by atoms with Gasteiger partial charge in [0.25, 0.3) is 0 Å². The van der Waals surface area contributed by atoms with E-state index in [1.807, 2.05) is 6.92 Å². The Kier molecular flexibility index (Phi) is 3.96. The molecule has 5 heteroatoms. The van der Waals surface area contributed by atoms with Gasteiger partial charge >= 0.3 is 5.97 Å². The number of methoxy groups -OCH3 is 1. The van der Waals surface area contributed by atoms with Gasteiger partial charge in [-0.05, 0) is 19.8 Å². The summed E-state index contributed by atoms with van der Waals surface area (Å²) in [6.45, 7) is 2.58. The van der Waals surface area contributed by atoms with Crippen LogP contribution in [-0.2, 0) is 9.53 Å². The highest BCUT2D eigenvalue weighted by molar-refractivity contribution is 5.85. The van der Waals surface area contributed by atoms with Gasteiger partial charge in [0.15, 0.2) is 0 Å². The molecule has 1 aliphatic heterocycles. The Morgan fingerprint density at radius 3 is 2.58 bits per heavy atom. The molecule has 1 atom stereocenters. The fourth-order valence-electron chi connectivity index (χ4n) is 1.42. The van der Waals surface area contributed by atoms with Crippen LogP contribution < -0.4 is 5.84 Å². The summed E-state index contributed by atoms with van der Waals surface area (Å²) in [7, 11) is 1.39. The van der Waals surface area contributed by atoms with Crippen molar-refractivity contribution in [3.8, 4) is 0 Å². The van der Waals surface area contributed by atoms with Crippen molar-refractivity contribution >= 4 is 18.4 Å². The quantitative estimate of drug-likeness (QED) is 0.482. The largest absolute Gasteiger partial charge is 0.468 e. The molecule has 1 unspecified atom stereocenters. The van der Waals surface area contributed by atoms with E-state index in [-0.39, 0.29) is 18.4 Å². The number of carbonyl (C=O) groups excluding carboxylic acids is 1. The third kappa shape index (κ3) is 1.71. The fourth-order valence-corrected chi connectivity index (χ4v) is 1.42. The Balaban J connectivity index is 0.00000121. The van der Waals surface area contributed by atoms with Crippen LogP contribution in [0, 0.1) is 0 Å². The molecule has 1 saturated heterocycles. The van der Waals surface area contributed by atoms with Crippen molar-refractivity contribution in [1.82, 2.24) is 5.01 Å². The van der Waals surface area contributed by atoms with Crippen LogP contribution in [0.1, 0.15) is 19.8 Å². The van der Waals surface area contributed by atoms with E-state index >= 15 is 0 Å². The average Bonchev–Trinajstić information content (AvgIpc) is 2.32. The molecule has 1 heterocycles. The molecule has 0 bridgehead atoms. The molecule has 0 saturated carbocycles. The molecule has 1 fully saturated rings. The van der Waals surface area contributed by atoms with Gasteiger partial charge in [0.2, 0.25) is 0 Å². The van der Waals surface area contributed by atoms with Crippen molar-refractivity contribution in [1.29, 1.82) is 0 Å². The molecule has 12 heavy (non-hydrogen) atoms. The normalized spacial score (nSPS) is 29.6. The van der Waals surface area contributed by atoms with E-state index in [0.29, 0.717) is 0 Å². The Morgan fingerprint density at radius 2 is 2.25 bits per heavy atom. The van der Waals surface area contributed by atoms with Crippen molar-refractivity contribution in [3.05, 3.63) is 0 Å². The number of carbonyl (C=O) groups is 1. The standard InChI is InChI=1S/C7H14N2O2.ClH/c1-7(6(10)11-2)4-3-5-9(7)8;/h3-5,8H2,1-2H3;1H. The van der Waals surface area contributed by atoms with Crippen LogP contribution in [0.2, 0.25) is 0 Å². The van der Waals surface area contributed by atoms with E-state index in [1.165, 1.54) is 7.11 Å². The highest BCUT2D eigenvalue weighted by atomic mass is 35.5. The molecular weight excluding hydrogens is 180 g/mol. The zero-order valence-corrected chi connectivity index (χ0v) is 8.19. The summed E-state index contributed by atoms with van der Waals surface area (Å²) < 4.78 is 4.65. The number of nitrogens with two attached hydrogens (primary N) is 1. The summed E-state index contributed by atoms with van der Waals surface area (Å²) in [4.78, 5) is 11.2. The van der Waals surface area contributed by atoms with Gasteiger partial charge in [-0.3, -0.25) is 10.6 Å². The molecule has 1 aliphatic rings. The minimum Gasteiger partial charge on any atom is -0.468 e. The highest BCUT2D eigenvalue weighted by Crippen LogP contribution is 2.26. The van der Waals surface area contributed by atoms with E-state index in [4.69, 9.17) is 5.84 Å². The molecule has 0 aromatic rings. The summed E-state index contributed by atoms with van der Waals surface area (Å²) in [5.74, 6) is 5.38. The third-order valence-corrected chi connectivity index (χ3v) is 2.32. The first-order valence-corrected chi connectivity index (χ1v) is 3.72. The molecule has 0 amide bonds. The van der Waals surface area contributed by atoms with E-state index in [2.05, 4.69) is 4.74 Å². The number of hydrogen-bond donors (Lipinski definition) is 1. The minimum atomic E-state index is -0.589. The molecule has 72 valence electrons. The van der Waals surface area contributed by atoms with Gasteiger partial charge in [-0.2, -0.15) is 0 Å². The Hall–Kier alpha value is -0.320. The second-order valence-corrected chi connectivity index (χ2v) is 3.06. The number of hydrogen-bond acceptors (Lipinski definition) is 4. The summed E-state index contributed by atoms with van der Waals surface area (Å²) in [5.41, 5.74) is -0.589. The van der Waals surface area contributed by atoms with Crippen LogP contribution in [0.15, 0.2) is 0 Å². The summed E-state index contributed by atoms with van der Waals surface area (Å²) in [6.07, 6.45) is 1.75. The maximum atomic E-state index is 11.2. The van der Waals surface area contributed by atoms with E-state index in [9.17, 15) is 4.79 Å². The zero-order chi connectivity index (χ0) is 8.48. The Morgan fingerprint density at radius 1 is 1.67 bits per heavy atom. The number of nitrogens with zero attached hydrogens (tertiary/aromatic N) is 1.